The number of carbonyl (C=O) groups is 2. The molecule has 0 bridgehead atoms. The monoisotopic (exact) mass is 467 g/mol. The second-order valence-electron chi connectivity index (χ2n) is 9.02. The molecule has 0 atom stereocenters. The predicted octanol–water partition coefficient (Wildman–Crippen LogP) is 5.11. The van der Waals surface area contributed by atoms with E-state index in [4.69, 9.17) is 17.0 Å². The Labute approximate surface area is 201 Å². The molecule has 0 spiro atoms. The van der Waals surface area contributed by atoms with Crippen LogP contribution < -0.4 is 15.4 Å². The number of benzene rings is 2. The quantitative estimate of drug-likeness (QED) is 0.554. The number of carbonyl (C=O) groups excluding carboxylic acids is 2. The Kier molecular flexibility index (Phi) is 8.83. The summed E-state index contributed by atoms with van der Waals surface area (Å²) in [5.74, 6) is 1.69. The van der Waals surface area contributed by atoms with E-state index >= 15 is 0 Å². The number of anilines is 1. The molecule has 1 saturated heterocycles. The van der Waals surface area contributed by atoms with Gasteiger partial charge in [-0.15, -0.1) is 0 Å². The van der Waals surface area contributed by atoms with Gasteiger partial charge in [0.2, 0.25) is 0 Å². The molecule has 1 aliphatic rings. The van der Waals surface area contributed by atoms with Crippen LogP contribution in [0.25, 0.3) is 0 Å². The van der Waals surface area contributed by atoms with Crippen LogP contribution in [0.5, 0.6) is 5.75 Å². The zero-order valence-corrected chi connectivity index (χ0v) is 20.4. The Morgan fingerprint density at radius 1 is 1.09 bits per heavy atom. The minimum atomic E-state index is -0.309. The summed E-state index contributed by atoms with van der Waals surface area (Å²) in [4.78, 5) is 27.2. The van der Waals surface area contributed by atoms with Crippen LogP contribution >= 0.6 is 12.2 Å². The lowest BCUT2D eigenvalue weighted by molar-refractivity contribution is 0.0697. The zero-order chi connectivity index (χ0) is 23.8. The summed E-state index contributed by atoms with van der Waals surface area (Å²) in [7, 11) is 0. The topological polar surface area (TPSA) is 70.7 Å². The number of rotatable bonds is 7. The molecule has 0 aromatic heterocycles. The fraction of sp³-hybridized carbons (Fsp3) is 0.423. The van der Waals surface area contributed by atoms with Crippen molar-refractivity contribution < 1.29 is 14.3 Å². The highest BCUT2D eigenvalue weighted by atomic mass is 32.1. The van der Waals surface area contributed by atoms with Gasteiger partial charge in [0.25, 0.3) is 11.8 Å². The number of amides is 2. The first-order chi connectivity index (χ1) is 15.8. The summed E-state index contributed by atoms with van der Waals surface area (Å²) in [6, 6.07) is 14.2. The van der Waals surface area contributed by atoms with Gasteiger partial charge in [0.05, 0.1) is 6.61 Å². The Morgan fingerprint density at radius 2 is 1.79 bits per heavy atom. The molecule has 0 unspecified atom stereocenters. The highest BCUT2D eigenvalue weighted by Crippen LogP contribution is 2.20. The number of nitrogens with one attached hydrogen (secondary N) is 2. The van der Waals surface area contributed by atoms with Crippen LogP contribution in [-0.2, 0) is 0 Å². The average molecular weight is 468 g/mol. The Balaban J connectivity index is 1.52. The fourth-order valence-corrected chi connectivity index (χ4v) is 3.79. The van der Waals surface area contributed by atoms with Crippen molar-refractivity contribution in [2.75, 3.05) is 25.0 Å². The fourth-order valence-electron chi connectivity index (χ4n) is 3.58. The van der Waals surface area contributed by atoms with Crippen LogP contribution in [0.1, 0.15) is 60.7 Å². The molecular weight excluding hydrogens is 434 g/mol. The van der Waals surface area contributed by atoms with Crippen molar-refractivity contribution >= 4 is 34.8 Å². The Bertz CT molecular complexity index is 967. The largest absolute Gasteiger partial charge is 0.494 e. The van der Waals surface area contributed by atoms with E-state index < -0.39 is 0 Å². The maximum Gasteiger partial charge on any atom is 0.257 e. The van der Waals surface area contributed by atoms with Gasteiger partial charge in [0, 0.05) is 29.9 Å². The SMILES string of the molecule is CC(C)CCOc1ccc(C(=O)NC(=S)Nc2cccc(C(=O)N3CCC(C)CC3)c2)cc1. The van der Waals surface area contributed by atoms with E-state index in [1.165, 1.54) is 0 Å². The van der Waals surface area contributed by atoms with Gasteiger partial charge in [0.1, 0.15) is 5.75 Å². The molecule has 176 valence electrons. The van der Waals surface area contributed by atoms with Crippen LogP contribution in [0.4, 0.5) is 5.69 Å². The van der Waals surface area contributed by atoms with E-state index in [-0.39, 0.29) is 16.9 Å². The summed E-state index contributed by atoms with van der Waals surface area (Å²) >= 11 is 5.30. The number of nitrogens with zero attached hydrogens (tertiary/aromatic N) is 1. The molecule has 2 aromatic rings. The third-order valence-corrected chi connectivity index (χ3v) is 5.95. The van der Waals surface area contributed by atoms with Crippen molar-refractivity contribution in [3.05, 3.63) is 59.7 Å². The molecule has 3 rings (SSSR count). The minimum absolute atomic E-state index is 0.0243. The number of ether oxygens (including phenoxy) is 1. The molecule has 33 heavy (non-hydrogen) atoms. The average Bonchev–Trinajstić information content (AvgIpc) is 2.79. The van der Waals surface area contributed by atoms with Gasteiger partial charge in [-0.3, -0.25) is 14.9 Å². The lowest BCUT2D eigenvalue weighted by Crippen LogP contribution is -2.38. The van der Waals surface area contributed by atoms with Crippen molar-refractivity contribution in [1.82, 2.24) is 10.2 Å². The first-order valence-electron chi connectivity index (χ1n) is 11.6. The molecule has 7 heteroatoms. The predicted molar refractivity (Wildman–Crippen MR) is 136 cm³/mol. The normalized spacial score (nSPS) is 14.1. The van der Waals surface area contributed by atoms with Crippen LogP contribution in [0.3, 0.4) is 0 Å². The van der Waals surface area contributed by atoms with Crippen LogP contribution in [0.2, 0.25) is 0 Å². The van der Waals surface area contributed by atoms with Gasteiger partial charge in [-0.05, 0) is 85.8 Å². The highest BCUT2D eigenvalue weighted by Gasteiger charge is 2.21. The Hall–Kier alpha value is -2.93. The third kappa shape index (κ3) is 7.56. The van der Waals surface area contributed by atoms with Gasteiger partial charge in [-0.1, -0.05) is 26.8 Å². The van der Waals surface area contributed by atoms with Crippen molar-refractivity contribution in [2.45, 2.75) is 40.0 Å². The number of hydrogen-bond donors (Lipinski definition) is 2. The lowest BCUT2D eigenvalue weighted by Gasteiger charge is -2.30. The van der Waals surface area contributed by atoms with Crippen LogP contribution in [-0.4, -0.2) is 41.5 Å². The van der Waals surface area contributed by atoms with E-state index in [2.05, 4.69) is 31.4 Å². The first-order valence-corrected chi connectivity index (χ1v) is 12.0. The third-order valence-electron chi connectivity index (χ3n) is 5.75. The van der Waals surface area contributed by atoms with E-state index in [1.807, 2.05) is 17.0 Å². The summed E-state index contributed by atoms with van der Waals surface area (Å²) in [5, 5.41) is 5.86. The molecule has 2 aromatic carbocycles. The van der Waals surface area contributed by atoms with Gasteiger partial charge < -0.3 is 15.0 Å². The molecule has 1 fully saturated rings. The maximum atomic E-state index is 12.8. The summed E-state index contributed by atoms with van der Waals surface area (Å²) in [6.07, 6.45) is 3.04. The molecular formula is C26H33N3O3S. The van der Waals surface area contributed by atoms with Gasteiger partial charge in [-0.2, -0.15) is 0 Å². The molecule has 2 N–H and O–H groups in total. The van der Waals surface area contributed by atoms with Gasteiger partial charge in [-0.25, -0.2) is 0 Å². The summed E-state index contributed by atoms with van der Waals surface area (Å²) in [5.41, 5.74) is 1.75. The second kappa shape index (κ2) is 11.8. The number of hydrogen-bond acceptors (Lipinski definition) is 4. The zero-order valence-electron chi connectivity index (χ0n) is 19.6. The molecule has 0 aliphatic carbocycles. The van der Waals surface area contributed by atoms with Gasteiger partial charge in [0.15, 0.2) is 5.11 Å². The van der Waals surface area contributed by atoms with Crippen molar-refractivity contribution in [2.24, 2.45) is 11.8 Å². The molecule has 6 nitrogen and oxygen atoms in total. The van der Waals surface area contributed by atoms with Crippen LogP contribution in [0.15, 0.2) is 48.5 Å². The molecule has 2 amide bonds. The smallest absolute Gasteiger partial charge is 0.257 e. The van der Waals surface area contributed by atoms with Crippen molar-refractivity contribution in [3.8, 4) is 5.75 Å². The maximum absolute atomic E-state index is 12.8. The number of piperidine rings is 1. The molecule has 0 radical (unpaired) electrons. The second-order valence-corrected chi connectivity index (χ2v) is 9.43. The molecule has 1 aliphatic heterocycles. The number of likely N-dealkylation sites (tertiary alicyclic amines) is 1. The first kappa shape index (κ1) is 24.7. The van der Waals surface area contributed by atoms with Gasteiger partial charge >= 0.3 is 0 Å². The standard InChI is InChI=1S/C26H33N3O3S/c1-18(2)13-16-32-23-9-7-20(8-10-23)24(30)28-26(33)27-22-6-4-5-21(17-22)25(31)29-14-11-19(3)12-15-29/h4-10,17-19H,11-16H2,1-3H3,(H2,27,28,30,33). The molecule has 0 saturated carbocycles. The van der Waals surface area contributed by atoms with E-state index in [9.17, 15) is 9.59 Å². The summed E-state index contributed by atoms with van der Waals surface area (Å²) < 4.78 is 5.69. The Morgan fingerprint density at radius 3 is 2.45 bits per heavy atom. The van der Waals surface area contributed by atoms with E-state index in [0.717, 1.165) is 38.1 Å². The van der Waals surface area contributed by atoms with Crippen LogP contribution in [0, 0.1) is 11.8 Å². The highest BCUT2D eigenvalue weighted by molar-refractivity contribution is 7.80. The van der Waals surface area contributed by atoms with E-state index in [1.54, 1.807) is 36.4 Å². The lowest BCUT2D eigenvalue weighted by atomic mass is 9.98. The van der Waals surface area contributed by atoms with Crippen molar-refractivity contribution in [3.63, 3.8) is 0 Å². The van der Waals surface area contributed by atoms with Crippen molar-refractivity contribution in [1.29, 1.82) is 0 Å². The summed E-state index contributed by atoms with van der Waals surface area (Å²) in [6.45, 7) is 8.74. The number of thiocarbonyl (C=S) groups is 1. The molecule has 1 heterocycles. The minimum Gasteiger partial charge on any atom is -0.494 e. The van der Waals surface area contributed by atoms with E-state index in [0.29, 0.717) is 35.3 Å².